The maximum Gasteiger partial charge on any atom is 0.0328 e. The summed E-state index contributed by atoms with van der Waals surface area (Å²) in [6, 6.07) is 0. The van der Waals surface area contributed by atoms with Gasteiger partial charge in [-0.3, -0.25) is 4.90 Å². The molecule has 0 bridgehead atoms. The Kier molecular flexibility index (Phi) is 3.95. The maximum absolute atomic E-state index is 2.40. The van der Waals surface area contributed by atoms with Gasteiger partial charge in [-0.25, -0.2) is 0 Å². The fraction of sp³-hybridized carbons (Fsp3) is 1.00. The Labute approximate surface area is 83.9 Å². The van der Waals surface area contributed by atoms with Gasteiger partial charge in [0.25, 0.3) is 0 Å². The van der Waals surface area contributed by atoms with Crippen LogP contribution in [0.3, 0.4) is 0 Å². The van der Waals surface area contributed by atoms with E-state index >= 15 is 0 Å². The molecule has 2 heteroatoms. The van der Waals surface area contributed by atoms with E-state index in [9.17, 15) is 0 Å². The lowest BCUT2D eigenvalue weighted by molar-refractivity contribution is 0.00400. The summed E-state index contributed by atoms with van der Waals surface area (Å²) in [5, 5.41) is 0. The molecule has 0 amide bonds. The number of hydrogen-bond donors (Lipinski definition) is 0. The van der Waals surface area contributed by atoms with Crippen LogP contribution in [0.25, 0.3) is 0 Å². The van der Waals surface area contributed by atoms with Crippen LogP contribution >= 0.6 is 0 Å². The minimum Gasteiger partial charge on any atom is -0.302 e. The number of likely N-dealkylation sites (N-methyl/N-ethyl adjacent to an activating group) is 2. The van der Waals surface area contributed by atoms with E-state index in [2.05, 4.69) is 65.6 Å². The maximum atomic E-state index is 2.40. The van der Waals surface area contributed by atoms with Crippen molar-refractivity contribution in [1.29, 1.82) is 0 Å². The summed E-state index contributed by atoms with van der Waals surface area (Å²) in [5.74, 6) is 0. The van der Waals surface area contributed by atoms with E-state index < -0.39 is 0 Å². The standard InChI is InChI=1S/C11H26N2/c1-9-13(8)11(4,5)10(2,3)12(6)7/h9H2,1-8H3. The largest absolute Gasteiger partial charge is 0.302 e. The highest BCUT2D eigenvalue weighted by molar-refractivity contribution is 4.99. The third-order valence-electron chi connectivity index (χ3n) is 4.04. The SMILES string of the molecule is CCN(C)C(C)(C)C(C)(C)N(C)C. The van der Waals surface area contributed by atoms with Crippen molar-refractivity contribution in [3.05, 3.63) is 0 Å². The third kappa shape index (κ3) is 2.23. The van der Waals surface area contributed by atoms with E-state index in [1.54, 1.807) is 0 Å². The average molecular weight is 186 g/mol. The van der Waals surface area contributed by atoms with Gasteiger partial charge in [0.15, 0.2) is 0 Å². The van der Waals surface area contributed by atoms with Gasteiger partial charge >= 0.3 is 0 Å². The summed E-state index contributed by atoms with van der Waals surface area (Å²) in [7, 11) is 6.47. The molecule has 80 valence electrons. The molecule has 0 spiro atoms. The number of hydrogen-bond acceptors (Lipinski definition) is 2. The molecule has 0 aliphatic carbocycles. The minimum atomic E-state index is 0.178. The van der Waals surface area contributed by atoms with Crippen LogP contribution in [0.1, 0.15) is 34.6 Å². The molecule has 0 atom stereocenters. The molecular formula is C11H26N2. The summed E-state index contributed by atoms with van der Waals surface area (Å²) in [6.45, 7) is 12.5. The smallest absolute Gasteiger partial charge is 0.0328 e. The predicted molar refractivity (Wildman–Crippen MR) is 60.1 cm³/mol. The van der Waals surface area contributed by atoms with E-state index in [0.29, 0.717) is 0 Å². The molecule has 0 aromatic heterocycles. The third-order valence-corrected chi connectivity index (χ3v) is 4.04. The highest BCUT2D eigenvalue weighted by atomic mass is 15.3. The van der Waals surface area contributed by atoms with Crippen molar-refractivity contribution in [3.8, 4) is 0 Å². The Hall–Kier alpha value is -0.0800. The molecule has 0 saturated carbocycles. The molecular weight excluding hydrogens is 160 g/mol. The Morgan fingerprint density at radius 1 is 0.846 bits per heavy atom. The summed E-state index contributed by atoms with van der Waals surface area (Å²) < 4.78 is 0. The molecule has 0 saturated heterocycles. The Balaban J connectivity index is 4.80. The van der Waals surface area contributed by atoms with E-state index in [1.165, 1.54) is 0 Å². The summed E-state index contributed by atoms with van der Waals surface area (Å²) in [4.78, 5) is 4.69. The molecule has 0 heterocycles. The van der Waals surface area contributed by atoms with E-state index in [4.69, 9.17) is 0 Å². The number of rotatable bonds is 4. The van der Waals surface area contributed by atoms with Crippen molar-refractivity contribution in [2.24, 2.45) is 0 Å². The van der Waals surface area contributed by atoms with Crippen LogP contribution in [-0.4, -0.2) is 48.6 Å². The highest BCUT2D eigenvalue weighted by Gasteiger charge is 2.40. The van der Waals surface area contributed by atoms with Crippen LogP contribution in [0.4, 0.5) is 0 Å². The lowest BCUT2D eigenvalue weighted by Crippen LogP contribution is -2.62. The molecule has 0 unspecified atom stereocenters. The number of nitrogens with zero attached hydrogens (tertiary/aromatic N) is 2. The van der Waals surface area contributed by atoms with E-state index in [1.807, 2.05) is 0 Å². The first-order chi connectivity index (χ1) is 5.67. The van der Waals surface area contributed by atoms with Crippen LogP contribution in [0.5, 0.6) is 0 Å². The molecule has 0 fully saturated rings. The van der Waals surface area contributed by atoms with Crippen molar-refractivity contribution in [1.82, 2.24) is 9.80 Å². The van der Waals surface area contributed by atoms with E-state index in [0.717, 1.165) is 6.54 Å². The van der Waals surface area contributed by atoms with Crippen molar-refractivity contribution < 1.29 is 0 Å². The topological polar surface area (TPSA) is 6.48 Å². The molecule has 0 aromatic rings. The van der Waals surface area contributed by atoms with Crippen LogP contribution < -0.4 is 0 Å². The van der Waals surface area contributed by atoms with Gasteiger partial charge in [0.1, 0.15) is 0 Å². The Morgan fingerprint density at radius 2 is 1.23 bits per heavy atom. The van der Waals surface area contributed by atoms with E-state index in [-0.39, 0.29) is 11.1 Å². The first kappa shape index (κ1) is 12.9. The van der Waals surface area contributed by atoms with Gasteiger partial charge < -0.3 is 4.90 Å². The zero-order valence-corrected chi connectivity index (χ0v) is 10.6. The van der Waals surface area contributed by atoms with Crippen LogP contribution in [0.15, 0.2) is 0 Å². The predicted octanol–water partition coefficient (Wildman–Crippen LogP) is 2.06. The first-order valence-corrected chi connectivity index (χ1v) is 5.06. The van der Waals surface area contributed by atoms with Crippen molar-refractivity contribution >= 4 is 0 Å². The Morgan fingerprint density at radius 3 is 1.46 bits per heavy atom. The Bertz CT molecular complexity index is 159. The van der Waals surface area contributed by atoms with Crippen molar-refractivity contribution in [2.45, 2.75) is 45.7 Å². The molecule has 0 N–H and O–H groups in total. The molecule has 0 radical (unpaired) electrons. The zero-order chi connectivity index (χ0) is 10.9. The second kappa shape index (κ2) is 3.97. The van der Waals surface area contributed by atoms with Crippen molar-refractivity contribution in [2.75, 3.05) is 27.7 Å². The van der Waals surface area contributed by atoms with Gasteiger partial charge in [0.2, 0.25) is 0 Å². The quantitative estimate of drug-likeness (QED) is 0.663. The van der Waals surface area contributed by atoms with Crippen LogP contribution in [-0.2, 0) is 0 Å². The van der Waals surface area contributed by atoms with Gasteiger partial charge in [-0.15, -0.1) is 0 Å². The van der Waals surface area contributed by atoms with Crippen molar-refractivity contribution in [3.63, 3.8) is 0 Å². The zero-order valence-electron chi connectivity index (χ0n) is 10.6. The average Bonchev–Trinajstić information content (AvgIpc) is 2.02. The second-order valence-electron chi connectivity index (χ2n) is 5.03. The fourth-order valence-corrected chi connectivity index (χ4v) is 1.41. The monoisotopic (exact) mass is 186 g/mol. The lowest BCUT2D eigenvalue weighted by Gasteiger charge is -2.51. The summed E-state index contributed by atoms with van der Waals surface area (Å²) in [5.41, 5.74) is 0.364. The molecule has 0 aliphatic rings. The van der Waals surface area contributed by atoms with Crippen LogP contribution in [0, 0.1) is 0 Å². The van der Waals surface area contributed by atoms with Crippen LogP contribution in [0.2, 0.25) is 0 Å². The highest BCUT2D eigenvalue weighted by Crippen LogP contribution is 2.30. The summed E-state index contributed by atoms with van der Waals surface area (Å²) >= 11 is 0. The van der Waals surface area contributed by atoms with Gasteiger partial charge in [-0.2, -0.15) is 0 Å². The normalized spacial score (nSPS) is 14.3. The molecule has 0 aliphatic heterocycles. The second-order valence-corrected chi connectivity index (χ2v) is 5.03. The minimum absolute atomic E-state index is 0.178. The first-order valence-electron chi connectivity index (χ1n) is 5.06. The fourth-order valence-electron chi connectivity index (χ4n) is 1.41. The van der Waals surface area contributed by atoms with Gasteiger partial charge in [0, 0.05) is 11.1 Å². The summed E-state index contributed by atoms with van der Waals surface area (Å²) in [6.07, 6.45) is 0. The molecule has 0 aromatic carbocycles. The molecule has 0 rings (SSSR count). The van der Waals surface area contributed by atoms with Gasteiger partial charge in [-0.1, -0.05) is 6.92 Å². The molecule has 2 nitrogen and oxygen atoms in total. The molecule has 13 heavy (non-hydrogen) atoms. The lowest BCUT2D eigenvalue weighted by atomic mass is 9.80. The van der Waals surface area contributed by atoms with Gasteiger partial charge in [0.05, 0.1) is 0 Å². The van der Waals surface area contributed by atoms with Gasteiger partial charge in [-0.05, 0) is 55.4 Å².